The Labute approximate surface area is 116 Å². The van der Waals surface area contributed by atoms with Gasteiger partial charge < -0.3 is 10.4 Å². The number of carbonyl (C=O) groups is 1. The Balaban J connectivity index is 2.00. The van der Waals surface area contributed by atoms with Crippen LogP contribution in [-0.2, 0) is 4.79 Å². The quantitative estimate of drug-likeness (QED) is 0.709. The topological polar surface area (TPSA) is 52.6 Å². The largest absolute Gasteiger partial charge is 0.480 e. The number of aliphatic carboxylic acids is 1. The molecule has 2 fully saturated rings. The van der Waals surface area contributed by atoms with Gasteiger partial charge in [-0.3, -0.25) is 9.69 Å². The molecule has 2 unspecified atom stereocenters. The first-order chi connectivity index (χ1) is 9.13. The zero-order valence-electron chi connectivity index (χ0n) is 12.3. The maximum Gasteiger partial charge on any atom is 0.323 e. The Hall–Kier alpha value is -0.610. The van der Waals surface area contributed by atoms with Crippen molar-refractivity contribution in [1.82, 2.24) is 10.2 Å². The number of nitrogens with one attached hydrogen (secondary N) is 1. The van der Waals surface area contributed by atoms with Crippen molar-refractivity contribution < 1.29 is 9.90 Å². The van der Waals surface area contributed by atoms with E-state index in [0.717, 1.165) is 51.2 Å². The van der Waals surface area contributed by atoms with Crippen molar-refractivity contribution in [2.24, 2.45) is 0 Å². The highest BCUT2D eigenvalue weighted by Gasteiger charge is 2.48. The first-order valence-electron chi connectivity index (χ1n) is 7.87. The van der Waals surface area contributed by atoms with Gasteiger partial charge in [0.2, 0.25) is 0 Å². The smallest absolute Gasteiger partial charge is 0.323 e. The van der Waals surface area contributed by atoms with Gasteiger partial charge in [-0.15, -0.1) is 0 Å². The van der Waals surface area contributed by atoms with E-state index in [1.54, 1.807) is 0 Å². The third-order valence-corrected chi connectivity index (χ3v) is 4.58. The molecule has 0 aromatic carbocycles. The lowest BCUT2D eigenvalue weighted by Gasteiger charge is -2.31. The minimum atomic E-state index is -0.665. The number of carboxylic acid groups (broad SMARTS) is 1. The number of rotatable bonds is 8. The zero-order chi connectivity index (χ0) is 13.9. The molecule has 0 saturated heterocycles. The summed E-state index contributed by atoms with van der Waals surface area (Å²) in [7, 11) is 0. The zero-order valence-corrected chi connectivity index (χ0v) is 12.3. The lowest BCUT2D eigenvalue weighted by Crippen LogP contribution is -2.51. The van der Waals surface area contributed by atoms with Crippen LogP contribution in [0.25, 0.3) is 0 Å². The standard InChI is InChI=1S/C15H28N2O2/c1-3-9-16-15(14(18)19)8-7-13(11-15)17(10-4-2)12-5-6-12/h12-13,16H,3-11H2,1-2H3,(H,18,19). The number of carboxylic acids is 1. The third-order valence-electron chi connectivity index (χ3n) is 4.58. The van der Waals surface area contributed by atoms with Gasteiger partial charge >= 0.3 is 5.97 Å². The molecule has 2 atom stereocenters. The highest BCUT2D eigenvalue weighted by atomic mass is 16.4. The van der Waals surface area contributed by atoms with Gasteiger partial charge in [0, 0.05) is 12.1 Å². The second-order valence-electron chi connectivity index (χ2n) is 6.18. The van der Waals surface area contributed by atoms with Crippen LogP contribution in [0.1, 0.15) is 58.8 Å². The van der Waals surface area contributed by atoms with E-state index in [-0.39, 0.29) is 0 Å². The van der Waals surface area contributed by atoms with E-state index in [4.69, 9.17) is 0 Å². The summed E-state index contributed by atoms with van der Waals surface area (Å²) < 4.78 is 0. The highest BCUT2D eigenvalue weighted by molar-refractivity contribution is 5.79. The first kappa shape index (κ1) is 14.8. The molecule has 2 N–H and O–H groups in total. The van der Waals surface area contributed by atoms with E-state index in [1.165, 1.54) is 12.8 Å². The molecule has 0 amide bonds. The first-order valence-corrected chi connectivity index (χ1v) is 7.87. The molecule has 2 rings (SSSR count). The Morgan fingerprint density at radius 3 is 2.53 bits per heavy atom. The number of nitrogens with zero attached hydrogens (tertiary/aromatic N) is 1. The van der Waals surface area contributed by atoms with Crippen LogP contribution in [0, 0.1) is 0 Å². The summed E-state index contributed by atoms with van der Waals surface area (Å²) in [4.78, 5) is 14.2. The van der Waals surface area contributed by atoms with Crippen molar-refractivity contribution in [3.63, 3.8) is 0 Å². The molecular formula is C15H28N2O2. The van der Waals surface area contributed by atoms with Crippen molar-refractivity contribution in [2.75, 3.05) is 13.1 Å². The summed E-state index contributed by atoms with van der Waals surface area (Å²) in [6.07, 6.45) is 7.34. The second-order valence-corrected chi connectivity index (χ2v) is 6.18. The summed E-state index contributed by atoms with van der Waals surface area (Å²) in [6.45, 7) is 6.22. The summed E-state index contributed by atoms with van der Waals surface area (Å²) >= 11 is 0. The SMILES string of the molecule is CCCNC1(C(=O)O)CCC(N(CCC)C2CC2)C1. The van der Waals surface area contributed by atoms with Crippen molar-refractivity contribution >= 4 is 5.97 Å². The average Bonchev–Trinajstić information content (AvgIpc) is 3.13. The van der Waals surface area contributed by atoms with Gasteiger partial charge in [0.1, 0.15) is 5.54 Å². The van der Waals surface area contributed by atoms with Crippen LogP contribution in [0.4, 0.5) is 0 Å². The molecule has 4 nitrogen and oxygen atoms in total. The minimum absolute atomic E-state index is 0.466. The van der Waals surface area contributed by atoms with Crippen LogP contribution in [0.5, 0.6) is 0 Å². The van der Waals surface area contributed by atoms with Crippen LogP contribution in [-0.4, -0.2) is 46.7 Å². The summed E-state index contributed by atoms with van der Waals surface area (Å²) in [5.41, 5.74) is -0.665. The molecule has 2 saturated carbocycles. The monoisotopic (exact) mass is 268 g/mol. The van der Waals surface area contributed by atoms with E-state index in [2.05, 4.69) is 24.1 Å². The number of hydrogen-bond acceptors (Lipinski definition) is 3. The van der Waals surface area contributed by atoms with Gasteiger partial charge in [0.05, 0.1) is 0 Å². The third kappa shape index (κ3) is 3.29. The Bertz CT molecular complexity index is 317. The van der Waals surface area contributed by atoms with Crippen LogP contribution < -0.4 is 5.32 Å². The normalized spacial score (nSPS) is 31.0. The molecule has 19 heavy (non-hydrogen) atoms. The predicted molar refractivity (Wildman–Crippen MR) is 76.3 cm³/mol. The van der Waals surface area contributed by atoms with Crippen molar-refractivity contribution in [3.05, 3.63) is 0 Å². The maximum absolute atomic E-state index is 11.7. The van der Waals surface area contributed by atoms with Gasteiger partial charge in [-0.2, -0.15) is 0 Å². The van der Waals surface area contributed by atoms with E-state index >= 15 is 0 Å². The molecule has 0 heterocycles. The lowest BCUT2D eigenvalue weighted by atomic mass is 9.97. The van der Waals surface area contributed by atoms with E-state index in [1.807, 2.05) is 0 Å². The Morgan fingerprint density at radius 1 is 1.26 bits per heavy atom. The molecule has 0 bridgehead atoms. The van der Waals surface area contributed by atoms with Crippen molar-refractivity contribution in [2.45, 2.75) is 76.4 Å². The summed E-state index contributed by atoms with van der Waals surface area (Å²) in [5, 5.41) is 12.9. The van der Waals surface area contributed by atoms with Crippen LogP contribution in [0.3, 0.4) is 0 Å². The average molecular weight is 268 g/mol. The van der Waals surface area contributed by atoms with Crippen molar-refractivity contribution in [3.8, 4) is 0 Å². The van der Waals surface area contributed by atoms with Gasteiger partial charge in [-0.1, -0.05) is 13.8 Å². The second kappa shape index (κ2) is 6.23. The molecule has 2 aliphatic carbocycles. The van der Waals surface area contributed by atoms with Gasteiger partial charge in [0.15, 0.2) is 0 Å². The van der Waals surface area contributed by atoms with Crippen LogP contribution >= 0.6 is 0 Å². The molecule has 0 spiro atoms. The molecule has 0 aliphatic heterocycles. The van der Waals surface area contributed by atoms with Crippen molar-refractivity contribution in [1.29, 1.82) is 0 Å². The molecule has 0 aromatic heterocycles. The Kier molecular flexibility index (Phi) is 4.85. The fourth-order valence-electron chi connectivity index (χ4n) is 3.42. The molecule has 0 radical (unpaired) electrons. The molecular weight excluding hydrogens is 240 g/mol. The van der Waals surface area contributed by atoms with E-state index in [9.17, 15) is 9.90 Å². The minimum Gasteiger partial charge on any atom is -0.480 e. The van der Waals surface area contributed by atoms with Crippen LogP contribution in [0.2, 0.25) is 0 Å². The van der Waals surface area contributed by atoms with Gasteiger partial charge in [0.25, 0.3) is 0 Å². The fourth-order valence-corrected chi connectivity index (χ4v) is 3.42. The van der Waals surface area contributed by atoms with Gasteiger partial charge in [-0.25, -0.2) is 0 Å². The summed E-state index contributed by atoms with van der Waals surface area (Å²) in [6, 6.07) is 1.20. The van der Waals surface area contributed by atoms with Crippen LogP contribution in [0.15, 0.2) is 0 Å². The number of hydrogen-bond donors (Lipinski definition) is 2. The molecule has 110 valence electrons. The summed E-state index contributed by atoms with van der Waals surface area (Å²) in [5.74, 6) is -0.657. The van der Waals surface area contributed by atoms with Gasteiger partial charge in [-0.05, 0) is 58.0 Å². The molecule has 0 aromatic rings. The lowest BCUT2D eigenvalue weighted by molar-refractivity contribution is -0.144. The molecule has 4 heteroatoms. The Morgan fingerprint density at radius 2 is 2.00 bits per heavy atom. The molecule has 2 aliphatic rings. The van der Waals surface area contributed by atoms with E-state index in [0.29, 0.717) is 6.04 Å². The highest BCUT2D eigenvalue weighted by Crippen LogP contribution is 2.38. The van der Waals surface area contributed by atoms with E-state index < -0.39 is 11.5 Å². The maximum atomic E-state index is 11.7. The predicted octanol–water partition coefficient (Wildman–Crippen LogP) is 2.24. The fraction of sp³-hybridized carbons (Fsp3) is 0.933.